The Morgan fingerprint density at radius 1 is 1.00 bits per heavy atom. The van der Waals surface area contributed by atoms with Gasteiger partial charge in [0.1, 0.15) is 6.04 Å². The number of fused-ring (bicyclic) bond motifs is 1. The first-order valence-corrected chi connectivity index (χ1v) is 13.2. The number of nitrogens with one attached hydrogen (secondary N) is 1. The number of likely N-dealkylation sites (tertiary alicyclic amines) is 1. The van der Waals surface area contributed by atoms with Crippen molar-refractivity contribution in [1.29, 1.82) is 0 Å². The van der Waals surface area contributed by atoms with Crippen LogP contribution in [0, 0.1) is 5.92 Å². The number of morpholine rings is 1. The fourth-order valence-corrected chi connectivity index (χ4v) is 6.11. The van der Waals surface area contributed by atoms with E-state index in [2.05, 4.69) is 28.4 Å². The first-order valence-electron chi connectivity index (χ1n) is 12.8. The van der Waals surface area contributed by atoms with E-state index in [1.54, 1.807) is 24.3 Å². The molecule has 2 aliphatic heterocycles. The Kier molecular flexibility index (Phi) is 7.71. The molecule has 0 bridgehead atoms. The minimum absolute atomic E-state index is 0.0617. The molecule has 3 unspecified atom stereocenters. The molecular weight excluding hydrogens is 462 g/mol. The van der Waals surface area contributed by atoms with E-state index >= 15 is 0 Å². The van der Waals surface area contributed by atoms with Crippen LogP contribution in [0.25, 0.3) is 0 Å². The average Bonchev–Trinajstić information content (AvgIpc) is 3.27. The fourth-order valence-electron chi connectivity index (χ4n) is 5.92. The Morgan fingerprint density at radius 3 is 2.60 bits per heavy atom. The molecule has 0 aromatic heterocycles. The highest BCUT2D eigenvalue weighted by atomic mass is 35.5. The van der Waals surface area contributed by atoms with E-state index in [0.717, 1.165) is 64.1 Å². The van der Waals surface area contributed by atoms with Gasteiger partial charge in [-0.2, -0.15) is 0 Å². The molecule has 1 saturated carbocycles. The van der Waals surface area contributed by atoms with Crippen molar-refractivity contribution in [2.75, 3.05) is 26.3 Å². The lowest BCUT2D eigenvalue weighted by Crippen LogP contribution is -2.49. The minimum Gasteiger partial charge on any atom is -0.379 e. The Labute approximate surface area is 212 Å². The maximum absolute atomic E-state index is 13.6. The maximum Gasteiger partial charge on any atom is 0.254 e. The molecule has 2 heterocycles. The number of hydrogen-bond donors (Lipinski definition) is 1. The van der Waals surface area contributed by atoms with Crippen molar-refractivity contribution in [3.05, 3.63) is 70.2 Å². The van der Waals surface area contributed by atoms with Gasteiger partial charge in [-0.05, 0) is 54.5 Å². The predicted molar refractivity (Wildman–Crippen MR) is 136 cm³/mol. The molecule has 0 spiro atoms. The lowest BCUT2D eigenvalue weighted by atomic mass is 9.84. The molecule has 3 aliphatic rings. The summed E-state index contributed by atoms with van der Waals surface area (Å²) < 4.78 is 5.45. The summed E-state index contributed by atoms with van der Waals surface area (Å²) in [5.41, 5.74) is 2.87. The van der Waals surface area contributed by atoms with Gasteiger partial charge in [-0.1, -0.05) is 54.8 Å². The Bertz CT molecular complexity index is 1060. The van der Waals surface area contributed by atoms with Gasteiger partial charge < -0.3 is 15.0 Å². The fraction of sp³-hybridized carbons (Fsp3) is 0.500. The van der Waals surface area contributed by atoms with E-state index in [4.69, 9.17) is 16.3 Å². The molecular formula is C28H34ClN3O3. The monoisotopic (exact) mass is 495 g/mol. The van der Waals surface area contributed by atoms with E-state index in [1.807, 2.05) is 11.0 Å². The van der Waals surface area contributed by atoms with Crippen LogP contribution in [0.1, 0.15) is 53.6 Å². The molecule has 3 atom stereocenters. The summed E-state index contributed by atoms with van der Waals surface area (Å²) in [6.45, 7) is 4.80. The van der Waals surface area contributed by atoms with Crippen LogP contribution in [0.5, 0.6) is 0 Å². The number of carbonyl (C=O) groups excluding carboxylic acids is 2. The molecule has 5 rings (SSSR count). The summed E-state index contributed by atoms with van der Waals surface area (Å²) in [7, 11) is 0. The SMILES string of the molecule is O=C(NCc1cccc(CN2CCOCC2)c1)C1CC2CCCCC2N1C(=O)c1cccc(Cl)c1. The third-order valence-electron chi connectivity index (χ3n) is 7.66. The highest BCUT2D eigenvalue weighted by Crippen LogP contribution is 2.40. The molecule has 3 fully saturated rings. The molecule has 6 nitrogen and oxygen atoms in total. The molecule has 35 heavy (non-hydrogen) atoms. The molecule has 1 aliphatic carbocycles. The first kappa shape index (κ1) is 24.3. The van der Waals surface area contributed by atoms with Crippen LogP contribution in [0.3, 0.4) is 0 Å². The molecule has 7 heteroatoms. The summed E-state index contributed by atoms with van der Waals surface area (Å²) >= 11 is 6.16. The van der Waals surface area contributed by atoms with Gasteiger partial charge in [0.15, 0.2) is 0 Å². The van der Waals surface area contributed by atoms with Gasteiger partial charge in [-0.15, -0.1) is 0 Å². The maximum atomic E-state index is 13.6. The van der Waals surface area contributed by atoms with Crippen molar-refractivity contribution >= 4 is 23.4 Å². The second-order valence-corrected chi connectivity index (χ2v) is 10.4. The number of hydrogen-bond acceptors (Lipinski definition) is 4. The standard InChI is InChI=1S/C28H34ClN3O3/c29-24-9-4-8-23(16-24)28(34)32-25-10-2-1-7-22(25)17-26(32)27(33)30-18-20-5-3-6-21(15-20)19-31-11-13-35-14-12-31/h3-6,8-9,15-16,22,25-26H,1-2,7,10-14,17-19H2,(H,30,33). The van der Waals surface area contributed by atoms with Crippen molar-refractivity contribution in [3.63, 3.8) is 0 Å². The number of benzene rings is 2. The van der Waals surface area contributed by atoms with E-state index in [-0.39, 0.29) is 17.9 Å². The summed E-state index contributed by atoms with van der Waals surface area (Å²) in [5, 5.41) is 3.67. The molecule has 2 saturated heterocycles. The second kappa shape index (κ2) is 11.1. The molecule has 2 aromatic rings. The van der Waals surface area contributed by atoms with Crippen molar-refractivity contribution in [1.82, 2.24) is 15.1 Å². The summed E-state index contributed by atoms with van der Waals surface area (Å²) in [4.78, 5) is 31.2. The average molecular weight is 496 g/mol. The van der Waals surface area contributed by atoms with Crippen LogP contribution in [0.15, 0.2) is 48.5 Å². The number of carbonyl (C=O) groups is 2. The Balaban J connectivity index is 1.27. The van der Waals surface area contributed by atoms with Gasteiger partial charge in [0, 0.05) is 42.8 Å². The highest BCUT2D eigenvalue weighted by molar-refractivity contribution is 6.31. The van der Waals surface area contributed by atoms with Crippen LogP contribution >= 0.6 is 11.6 Å². The van der Waals surface area contributed by atoms with E-state index in [9.17, 15) is 9.59 Å². The van der Waals surface area contributed by atoms with E-state index in [1.165, 1.54) is 12.0 Å². The summed E-state index contributed by atoms with van der Waals surface area (Å²) in [6, 6.07) is 15.1. The minimum atomic E-state index is -0.439. The van der Waals surface area contributed by atoms with Crippen LogP contribution in [-0.4, -0.2) is 60.0 Å². The highest BCUT2D eigenvalue weighted by Gasteiger charge is 2.47. The Hall–Kier alpha value is -2.41. The van der Waals surface area contributed by atoms with Crippen molar-refractivity contribution in [3.8, 4) is 0 Å². The summed E-state index contributed by atoms with van der Waals surface area (Å²) in [6.07, 6.45) is 5.05. The second-order valence-electron chi connectivity index (χ2n) is 10.0. The lowest BCUT2D eigenvalue weighted by Gasteiger charge is -2.33. The zero-order valence-corrected chi connectivity index (χ0v) is 20.9. The normalized spacial score (nSPS) is 24.7. The topological polar surface area (TPSA) is 61.9 Å². The molecule has 1 N–H and O–H groups in total. The molecule has 2 amide bonds. The quantitative estimate of drug-likeness (QED) is 0.650. The van der Waals surface area contributed by atoms with Gasteiger partial charge in [-0.3, -0.25) is 14.5 Å². The first-order chi connectivity index (χ1) is 17.1. The largest absolute Gasteiger partial charge is 0.379 e. The van der Waals surface area contributed by atoms with Gasteiger partial charge in [0.2, 0.25) is 5.91 Å². The number of amides is 2. The number of halogens is 1. The third kappa shape index (κ3) is 5.71. The zero-order chi connectivity index (χ0) is 24.2. The smallest absolute Gasteiger partial charge is 0.254 e. The Morgan fingerprint density at radius 2 is 1.77 bits per heavy atom. The van der Waals surface area contributed by atoms with Crippen LogP contribution in [0.2, 0.25) is 5.02 Å². The van der Waals surface area contributed by atoms with Crippen LogP contribution < -0.4 is 5.32 Å². The van der Waals surface area contributed by atoms with E-state index < -0.39 is 6.04 Å². The molecule has 0 radical (unpaired) electrons. The number of rotatable bonds is 6. The van der Waals surface area contributed by atoms with E-state index in [0.29, 0.717) is 23.0 Å². The van der Waals surface area contributed by atoms with Gasteiger partial charge >= 0.3 is 0 Å². The van der Waals surface area contributed by atoms with Gasteiger partial charge in [0.25, 0.3) is 5.91 Å². The zero-order valence-electron chi connectivity index (χ0n) is 20.1. The molecule has 2 aromatic carbocycles. The predicted octanol–water partition coefficient (Wildman–Crippen LogP) is 4.26. The lowest BCUT2D eigenvalue weighted by molar-refractivity contribution is -0.125. The van der Waals surface area contributed by atoms with Crippen molar-refractivity contribution in [2.24, 2.45) is 5.92 Å². The van der Waals surface area contributed by atoms with Crippen molar-refractivity contribution in [2.45, 2.75) is 57.3 Å². The van der Waals surface area contributed by atoms with Crippen molar-refractivity contribution < 1.29 is 14.3 Å². The number of ether oxygens (including phenoxy) is 1. The summed E-state index contributed by atoms with van der Waals surface area (Å²) in [5.74, 6) is 0.238. The van der Waals surface area contributed by atoms with Gasteiger partial charge in [-0.25, -0.2) is 0 Å². The van der Waals surface area contributed by atoms with Crippen LogP contribution in [-0.2, 0) is 22.6 Å². The van der Waals surface area contributed by atoms with Gasteiger partial charge in [0.05, 0.1) is 13.2 Å². The number of nitrogens with zero attached hydrogens (tertiary/aromatic N) is 2. The third-order valence-corrected chi connectivity index (χ3v) is 7.90. The van der Waals surface area contributed by atoms with Crippen LogP contribution in [0.4, 0.5) is 0 Å². The molecule has 186 valence electrons.